The first kappa shape index (κ1) is 51.9. The molecule has 0 unspecified atom stereocenters. The molecule has 13 aromatic carbocycles. The van der Waals surface area contributed by atoms with Crippen molar-refractivity contribution in [2.75, 3.05) is 9.80 Å². The number of rotatable bonds is 11. The summed E-state index contributed by atoms with van der Waals surface area (Å²) in [6, 6.07) is 105. The zero-order chi connectivity index (χ0) is 58.4. The van der Waals surface area contributed by atoms with Crippen LogP contribution in [0, 0.1) is 0 Å². The normalized spacial score (nSPS) is 13.6. The molecule has 0 saturated carbocycles. The van der Waals surface area contributed by atoms with E-state index in [0.717, 1.165) is 50.9 Å². The summed E-state index contributed by atoms with van der Waals surface area (Å²) < 4.78 is 2.41. The molecular formula is C84H63N3. The standard InChI is InChI=1S/C84H63N3/c1-83(2)77-50-58(32-42-71(77)73-44-40-69(54-79(73)83)85(64-22-8-5-9-23-64)67-38-36-60-18-14-16-20-62(60)52-67)30-28-56-34-46-81-75(48-56)76-49-57(35-47-82(76)87(81)66-26-12-7-13-27-66)29-31-59-33-43-72-74-45-41-70(55-80(74)84(3,4)78(72)51-59)86(65-24-10-6-11-25-65)68-39-37-61-19-15-17-21-63(61)53-68/h5-55H,1-4H3/b30-28+,31-29+. The van der Waals surface area contributed by atoms with Crippen LogP contribution >= 0.6 is 0 Å². The summed E-state index contributed by atoms with van der Waals surface area (Å²) in [5.41, 5.74) is 25.2. The maximum absolute atomic E-state index is 2.42. The minimum Gasteiger partial charge on any atom is -0.310 e. The zero-order valence-electron chi connectivity index (χ0n) is 49.3. The number of nitrogens with zero attached hydrogens (tertiary/aromatic N) is 3. The van der Waals surface area contributed by atoms with Crippen molar-refractivity contribution in [2.24, 2.45) is 0 Å². The fourth-order valence-electron chi connectivity index (χ4n) is 14.2. The Morgan fingerprint density at radius 2 is 0.586 bits per heavy atom. The van der Waals surface area contributed by atoms with Crippen LogP contribution in [0.3, 0.4) is 0 Å². The van der Waals surface area contributed by atoms with E-state index in [2.05, 4.69) is 351 Å². The molecule has 0 amide bonds. The second-order valence-electron chi connectivity index (χ2n) is 24.6. The quantitative estimate of drug-likeness (QED) is 0.120. The Morgan fingerprint density at radius 3 is 1.01 bits per heavy atom. The Hall–Kier alpha value is -10.7. The highest BCUT2D eigenvalue weighted by molar-refractivity contribution is 6.11. The van der Waals surface area contributed by atoms with Crippen LogP contribution in [0.4, 0.5) is 34.1 Å². The van der Waals surface area contributed by atoms with Gasteiger partial charge < -0.3 is 14.4 Å². The molecule has 1 aromatic heterocycles. The minimum atomic E-state index is -0.209. The fourth-order valence-corrected chi connectivity index (χ4v) is 14.2. The summed E-state index contributed by atoms with van der Waals surface area (Å²) in [6.45, 7) is 9.52. The van der Waals surface area contributed by atoms with E-state index in [0.29, 0.717) is 0 Å². The van der Waals surface area contributed by atoms with Crippen LogP contribution in [0.25, 0.3) is 95.6 Å². The number of aromatic nitrogens is 1. The molecule has 2 aliphatic rings. The summed E-state index contributed by atoms with van der Waals surface area (Å²) in [4.78, 5) is 4.78. The third-order valence-electron chi connectivity index (χ3n) is 18.7. The molecule has 1 heterocycles. The van der Waals surface area contributed by atoms with Gasteiger partial charge in [-0.2, -0.15) is 0 Å². The van der Waals surface area contributed by atoms with Crippen LogP contribution in [0.5, 0.6) is 0 Å². The third kappa shape index (κ3) is 8.88. The zero-order valence-corrected chi connectivity index (χ0v) is 49.3. The predicted octanol–water partition coefficient (Wildman–Crippen LogP) is 23.0. The van der Waals surface area contributed by atoms with Gasteiger partial charge in [0.2, 0.25) is 0 Å². The van der Waals surface area contributed by atoms with E-state index in [-0.39, 0.29) is 10.8 Å². The minimum absolute atomic E-state index is 0.209. The van der Waals surface area contributed by atoms with Gasteiger partial charge in [-0.1, -0.05) is 228 Å². The van der Waals surface area contributed by atoms with Crippen molar-refractivity contribution in [2.45, 2.75) is 38.5 Å². The van der Waals surface area contributed by atoms with Gasteiger partial charge in [-0.05, 0) is 198 Å². The second kappa shape index (κ2) is 20.5. The van der Waals surface area contributed by atoms with Gasteiger partial charge >= 0.3 is 0 Å². The van der Waals surface area contributed by atoms with E-state index in [9.17, 15) is 0 Å². The monoisotopic (exact) mass is 1110 g/mol. The van der Waals surface area contributed by atoms with Gasteiger partial charge in [0.15, 0.2) is 0 Å². The predicted molar refractivity (Wildman–Crippen MR) is 371 cm³/mol. The lowest BCUT2D eigenvalue weighted by molar-refractivity contribution is 0.660. The first-order valence-corrected chi connectivity index (χ1v) is 30.4. The van der Waals surface area contributed by atoms with Crippen molar-refractivity contribution in [3.63, 3.8) is 0 Å². The van der Waals surface area contributed by atoms with Gasteiger partial charge in [0, 0.05) is 61.4 Å². The van der Waals surface area contributed by atoms with Gasteiger partial charge in [0.05, 0.1) is 11.0 Å². The van der Waals surface area contributed by atoms with E-state index < -0.39 is 0 Å². The molecule has 3 nitrogen and oxygen atoms in total. The number of benzene rings is 13. The lowest BCUT2D eigenvalue weighted by Crippen LogP contribution is -2.16. The van der Waals surface area contributed by atoms with Gasteiger partial charge in [0.25, 0.3) is 0 Å². The van der Waals surface area contributed by atoms with Crippen LogP contribution < -0.4 is 9.80 Å². The molecule has 0 aliphatic heterocycles. The summed E-state index contributed by atoms with van der Waals surface area (Å²) in [5, 5.41) is 7.38. The third-order valence-corrected chi connectivity index (χ3v) is 18.7. The Kier molecular flexibility index (Phi) is 12.2. The smallest absolute Gasteiger partial charge is 0.0541 e. The molecule has 0 N–H and O–H groups in total. The van der Waals surface area contributed by atoms with Crippen LogP contribution in [0.15, 0.2) is 285 Å². The maximum atomic E-state index is 2.42. The Bertz CT molecular complexity index is 4800. The van der Waals surface area contributed by atoms with E-state index in [1.807, 2.05) is 0 Å². The molecule has 0 bridgehead atoms. The molecular weight excluding hydrogens is 1050 g/mol. The Balaban J connectivity index is 0.696. The molecule has 87 heavy (non-hydrogen) atoms. The van der Waals surface area contributed by atoms with E-state index in [1.165, 1.54) is 99.0 Å². The molecule has 3 heteroatoms. The van der Waals surface area contributed by atoms with Gasteiger partial charge in [-0.3, -0.25) is 0 Å². The van der Waals surface area contributed by atoms with Gasteiger partial charge in [-0.25, -0.2) is 0 Å². The number of hydrogen-bond acceptors (Lipinski definition) is 2. The van der Waals surface area contributed by atoms with Crippen LogP contribution in [-0.4, -0.2) is 4.57 Å². The summed E-state index contributed by atoms with van der Waals surface area (Å²) in [7, 11) is 0. The summed E-state index contributed by atoms with van der Waals surface area (Å²) >= 11 is 0. The molecule has 0 atom stereocenters. The van der Waals surface area contributed by atoms with Crippen molar-refractivity contribution >= 4 is 102 Å². The average Bonchev–Trinajstić information content (AvgIpc) is 1.65. The summed E-state index contributed by atoms with van der Waals surface area (Å²) in [5.74, 6) is 0. The highest BCUT2D eigenvalue weighted by atomic mass is 15.1. The fraction of sp³-hybridized carbons (Fsp3) is 0.0714. The SMILES string of the molecule is CC1(C)c2cc(/C=C/c3ccc4c(c3)c3cc(/C=C/c5ccc6c(c5)C(C)(C)c5cc(N(c7ccccc7)c7ccc8ccccc8c7)ccc5-6)ccc3n4-c3ccccc3)ccc2-c2ccc(N(c3ccccc3)c3ccc4ccccc4c3)cc21. The Morgan fingerprint density at radius 1 is 0.264 bits per heavy atom. The summed E-state index contributed by atoms with van der Waals surface area (Å²) in [6.07, 6.45) is 9.13. The highest BCUT2D eigenvalue weighted by Gasteiger charge is 2.38. The number of anilines is 6. The molecule has 0 saturated heterocycles. The molecule has 14 aromatic rings. The van der Waals surface area contributed by atoms with Gasteiger partial charge in [-0.15, -0.1) is 0 Å². The van der Waals surface area contributed by atoms with Crippen LogP contribution in [-0.2, 0) is 10.8 Å². The molecule has 2 aliphatic carbocycles. The first-order valence-electron chi connectivity index (χ1n) is 30.4. The highest BCUT2D eigenvalue weighted by Crippen LogP contribution is 2.53. The van der Waals surface area contributed by atoms with E-state index in [1.54, 1.807) is 0 Å². The maximum Gasteiger partial charge on any atom is 0.0541 e. The topological polar surface area (TPSA) is 11.4 Å². The van der Waals surface area contributed by atoms with E-state index >= 15 is 0 Å². The Labute approximate surface area is 509 Å². The van der Waals surface area contributed by atoms with Crippen molar-refractivity contribution in [3.8, 4) is 27.9 Å². The lowest BCUT2D eigenvalue weighted by atomic mass is 9.81. The molecule has 414 valence electrons. The van der Waals surface area contributed by atoms with Gasteiger partial charge in [0.1, 0.15) is 0 Å². The molecule has 16 rings (SSSR count). The second-order valence-corrected chi connectivity index (χ2v) is 24.6. The number of fused-ring (bicyclic) bond motifs is 11. The van der Waals surface area contributed by atoms with Crippen LogP contribution in [0.2, 0.25) is 0 Å². The van der Waals surface area contributed by atoms with E-state index in [4.69, 9.17) is 0 Å². The number of para-hydroxylation sites is 3. The van der Waals surface area contributed by atoms with Crippen molar-refractivity contribution in [1.29, 1.82) is 0 Å². The van der Waals surface area contributed by atoms with Crippen molar-refractivity contribution in [1.82, 2.24) is 4.57 Å². The molecule has 0 spiro atoms. The number of hydrogen-bond donors (Lipinski definition) is 0. The average molecular weight is 1110 g/mol. The molecule has 0 radical (unpaired) electrons. The first-order chi connectivity index (χ1) is 42.6. The van der Waals surface area contributed by atoms with Crippen molar-refractivity contribution in [3.05, 3.63) is 330 Å². The van der Waals surface area contributed by atoms with Crippen LogP contribution in [0.1, 0.15) is 72.2 Å². The largest absolute Gasteiger partial charge is 0.310 e. The van der Waals surface area contributed by atoms with Crippen molar-refractivity contribution < 1.29 is 0 Å². The lowest BCUT2D eigenvalue weighted by Gasteiger charge is -2.28. The molecule has 0 fully saturated rings.